The Morgan fingerprint density at radius 1 is 1.38 bits per heavy atom. The Labute approximate surface area is 124 Å². The maximum absolute atomic E-state index is 11.6. The normalized spacial score (nSPS) is 16.9. The minimum atomic E-state index is -3.41. The summed E-state index contributed by atoms with van der Waals surface area (Å²) in [5.74, 6) is 0. The van der Waals surface area contributed by atoms with Crippen LogP contribution >= 0.6 is 0 Å². The molecule has 2 aromatic heterocycles. The van der Waals surface area contributed by atoms with E-state index >= 15 is 0 Å². The maximum atomic E-state index is 11.6. The second kappa shape index (κ2) is 4.62. The van der Waals surface area contributed by atoms with Crippen molar-refractivity contribution < 1.29 is 8.42 Å². The number of nitrogens with zero attached hydrogens (tertiary/aromatic N) is 4. The first-order valence-electron chi connectivity index (χ1n) is 6.83. The Bertz CT molecular complexity index is 791. The van der Waals surface area contributed by atoms with Gasteiger partial charge in [-0.1, -0.05) is 6.92 Å². The third-order valence-electron chi connectivity index (χ3n) is 4.00. The molecular formula is C14H18N4O2S. The second-order valence-corrected chi connectivity index (χ2v) is 8.02. The van der Waals surface area contributed by atoms with Gasteiger partial charge in [0.1, 0.15) is 0 Å². The molecule has 2 aromatic rings. The molecular weight excluding hydrogens is 288 g/mol. The van der Waals surface area contributed by atoms with Gasteiger partial charge >= 0.3 is 0 Å². The van der Waals surface area contributed by atoms with Crippen molar-refractivity contribution in [2.24, 2.45) is 12.5 Å². The highest BCUT2D eigenvalue weighted by Gasteiger charge is 2.38. The molecule has 3 rings (SSSR count). The predicted octanol–water partition coefficient (Wildman–Crippen LogP) is 1.62. The summed E-state index contributed by atoms with van der Waals surface area (Å²) >= 11 is 0. The summed E-state index contributed by atoms with van der Waals surface area (Å²) in [5.41, 5.74) is 2.93. The van der Waals surface area contributed by atoms with Crippen LogP contribution in [-0.4, -0.2) is 34.4 Å². The molecule has 0 bridgehead atoms. The highest BCUT2D eigenvalue weighted by Crippen LogP contribution is 2.48. The topological polar surface area (TPSA) is 77.7 Å². The highest BCUT2D eigenvalue weighted by atomic mass is 32.2. The minimum absolute atomic E-state index is 0.146. The van der Waals surface area contributed by atoms with Gasteiger partial charge in [0.25, 0.3) is 0 Å². The van der Waals surface area contributed by atoms with Gasteiger partial charge in [0, 0.05) is 30.8 Å². The van der Waals surface area contributed by atoms with Crippen LogP contribution in [0.3, 0.4) is 0 Å². The van der Waals surface area contributed by atoms with Crippen LogP contribution in [0.1, 0.15) is 25.5 Å². The molecule has 21 heavy (non-hydrogen) atoms. The lowest BCUT2D eigenvalue weighted by atomic mass is 9.99. The smallest absolute Gasteiger partial charge is 0.247 e. The van der Waals surface area contributed by atoms with E-state index in [1.165, 1.54) is 19.0 Å². The molecule has 2 heterocycles. The SMILES string of the molecule is Cn1ncc(-c2ccnc(S(C)(=O)=O)n2)c1CC1(C)CC1. The molecule has 0 amide bonds. The lowest BCUT2D eigenvalue weighted by Gasteiger charge is -2.11. The predicted molar refractivity (Wildman–Crippen MR) is 78.4 cm³/mol. The molecule has 1 aliphatic carbocycles. The molecule has 0 N–H and O–H groups in total. The summed E-state index contributed by atoms with van der Waals surface area (Å²) in [4.78, 5) is 8.02. The van der Waals surface area contributed by atoms with Gasteiger partial charge in [-0.15, -0.1) is 0 Å². The number of sulfone groups is 1. The average Bonchev–Trinajstić information content (AvgIpc) is 3.04. The molecule has 0 unspecified atom stereocenters. The first-order chi connectivity index (χ1) is 9.78. The molecule has 7 heteroatoms. The molecule has 0 radical (unpaired) electrons. The van der Waals surface area contributed by atoms with E-state index in [-0.39, 0.29) is 5.16 Å². The van der Waals surface area contributed by atoms with E-state index < -0.39 is 9.84 Å². The largest absolute Gasteiger partial charge is 0.272 e. The van der Waals surface area contributed by atoms with Gasteiger partial charge in [0.15, 0.2) is 0 Å². The van der Waals surface area contributed by atoms with Crippen molar-refractivity contribution >= 4 is 9.84 Å². The fourth-order valence-electron chi connectivity index (χ4n) is 2.35. The number of hydrogen-bond acceptors (Lipinski definition) is 5. The number of rotatable bonds is 4. The Morgan fingerprint density at radius 2 is 2.10 bits per heavy atom. The van der Waals surface area contributed by atoms with Crippen molar-refractivity contribution in [1.29, 1.82) is 0 Å². The molecule has 0 atom stereocenters. The zero-order chi connectivity index (χ0) is 15.3. The number of hydrogen-bond donors (Lipinski definition) is 0. The first kappa shape index (κ1) is 14.2. The van der Waals surface area contributed by atoms with Crippen molar-refractivity contribution in [3.05, 3.63) is 24.2 Å². The highest BCUT2D eigenvalue weighted by molar-refractivity contribution is 7.90. The minimum Gasteiger partial charge on any atom is -0.272 e. The fraction of sp³-hybridized carbons (Fsp3) is 0.500. The summed E-state index contributed by atoms with van der Waals surface area (Å²) in [5, 5.41) is 4.16. The van der Waals surface area contributed by atoms with Crippen LogP contribution in [0.4, 0.5) is 0 Å². The van der Waals surface area contributed by atoms with Crippen LogP contribution < -0.4 is 0 Å². The quantitative estimate of drug-likeness (QED) is 0.802. The third-order valence-corrected chi connectivity index (χ3v) is 4.86. The van der Waals surface area contributed by atoms with Crippen molar-refractivity contribution in [2.75, 3.05) is 6.26 Å². The van der Waals surface area contributed by atoms with Crippen molar-refractivity contribution in [3.63, 3.8) is 0 Å². The van der Waals surface area contributed by atoms with Gasteiger partial charge in [0.05, 0.1) is 11.9 Å². The van der Waals surface area contributed by atoms with E-state index in [1.807, 2.05) is 11.7 Å². The van der Waals surface area contributed by atoms with Crippen molar-refractivity contribution in [3.8, 4) is 11.3 Å². The Morgan fingerprint density at radius 3 is 2.71 bits per heavy atom. The summed E-state index contributed by atoms with van der Waals surface area (Å²) in [7, 11) is -1.51. The number of aryl methyl sites for hydroxylation is 1. The van der Waals surface area contributed by atoms with Gasteiger partial charge in [-0.2, -0.15) is 5.10 Å². The van der Waals surface area contributed by atoms with Gasteiger partial charge in [-0.25, -0.2) is 18.4 Å². The molecule has 1 aliphatic rings. The van der Waals surface area contributed by atoms with Crippen LogP contribution in [0, 0.1) is 5.41 Å². The first-order valence-corrected chi connectivity index (χ1v) is 8.72. The standard InChI is InChI=1S/C14H18N4O2S/c1-14(5-6-14)8-12-10(9-16-18(12)2)11-4-7-15-13(17-11)21(3,19)20/h4,7,9H,5-6,8H2,1-3H3. The molecule has 0 aliphatic heterocycles. The monoisotopic (exact) mass is 306 g/mol. The summed E-state index contributed by atoms with van der Waals surface area (Å²) < 4.78 is 25.0. The van der Waals surface area contributed by atoms with Gasteiger partial charge in [0.2, 0.25) is 15.0 Å². The van der Waals surface area contributed by atoms with Gasteiger partial charge in [-0.05, 0) is 30.7 Å². The summed E-state index contributed by atoms with van der Waals surface area (Å²) in [6, 6.07) is 1.73. The second-order valence-electron chi connectivity index (χ2n) is 6.11. The summed E-state index contributed by atoms with van der Waals surface area (Å²) in [6.07, 6.45) is 7.70. The summed E-state index contributed by atoms with van der Waals surface area (Å²) in [6.45, 7) is 2.26. The molecule has 1 fully saturated rings. The third kappa shape index (κ3) is 2.83. The van der Waals surface area contributed by atoms with Crippen LogP contribution in [0.5, 0.6) is 0 Å². The van der Waals surface area contributed by atoms with E-state index in [0.717, 1.165) is 23.9 Å². The van der Waals surface area contributed by atoms with E-state index in [2.05, 4.69) is 22.0 Å². The Hall–Kier alpha value is -1.76. The zero-order valence-corrected chi connectivity index (χ0v) is 13.2. The van der Waals surface area contributed by atoms with E-state index in [1.54, 1.807) is 12.3 Å². The zero-order valence-electron chi connectivity index (χ0n) is 12.4. The fourth-order valence-corrected chi connectivity index (χ4v) is 2.87. The van der Waals surface area contributed by atoms with Gasteiger partial charge in [-0.3, -0.25) is 4.68 Å². The van der Waals surface area contributed by atoms with Gasteiger partial charge < -0.3 is 0 Å². The molecule has 0 aromatic carbocycles. The lowest BCUT2D eigenvalue weighted by molar-refractivity contribution is 0.537. The van der Waals surface area contributed by atoms with Crippen molar-refractivity contribution in [2.45, 2.75) is 31.3 Å². The lowest BCUT2D eigenvalue weighted by Crippen LogP contribution is -2.08. The Balaban J connectivity index is 2.05. The molecule has 0 saturated heterocycles. The van der Waals surface area contributed by atoms with Crippen LogP contribution in [0.25, 0.3) is 11.3 Å². The molecule has 1 saturated carbocycles. The molecule has 6 nitrogen and oxygen atoms in total. The van der Waals surface area contributed by atoms with E-state index in [0.29, 0.717) is 11.1 Å². The molecule has 0 spiro atoms. The molecule has 112 valence electrons. The van der Waals surface area contributed by atoms with Crippen LogP contribution in [0.2, 0.25) is 0 Å². The van der Waals surface area contributed by atoms with E-state index in [4.69, 9.17) is 0 Å². The van der Waals surface area contributed by atoms with Crippen LogP contribution in [-0.2, 0) is 23.3 Å². The maximum Gasteiger partial charge on any atom is 0.247 e. The average molecular weight is 306 g/mol. The van der Waals surface area contributed by atoms with Crippen LogP contribution in [0.15, 0.2) is 23.6 Å². The van der Waals surface area contributed by atoms with Crippen molar-refractivity contribution in [1.82, 2.24) is 19.7 Å². The Kier molecular flexibility index (Phi) is 3.12. The van der Waals surface area contributed by atoms with E-state index in [9.17, 15) is 8.42 Å². The number of aromatic nitrogens is 4.